The third-order valence-electron chi connectivity index (χ3n) is 2.21. The molecule has 62 valence electrons. The molecule has 0 aromatic carbocycles. The molecule has 0 aliphatic carbocycles. The Hall–Kier alpha value is 0.210. The van der Waals surface area contributed by atoms with Crippen LogP contribution in [-0.2, 0) is 4.74 Å². The van der Waals surface area contributed by atoms with Crippen LogP contribution in [0.25, 0.3) is 0 Å². The predicted octanol–water partition coefficient (Wildman–Crippen LogP) is 1.18. The first kappa shape index (κ1) is 10.2. The number of halogens is 1. The van der Waals surface area contributed by atoms with Gasteiger partial charge in [0, 0.05) is 12.5 Å². The summed E-state index contributed by atoms with van der Waals surface area (Å²) in [4.78, 5) is 0. The highest BCUT2D eigenvalue weighted by atomic mass is 35.5. The third-order valence-corrected chi connectivity index (χ3v) is 2.21. The summed E-state index contributed by atoms with van der Waals surface area (Å²) in [6.45, 7) is 5.86. The molecule has 10 heavy (non-hydrogen) atoms. The molecule has 0 radical (unpaired) electrons. The van der Waals surface area contributed by atoms with Crippen molar-refractivity contribution in [1.82, 2.24) is 0 Å². The van der Waals surface area contributed by atoms with Crippen molar-refractivity contribution in [3.63, 3.8) is 0 Å². The van der Waals surface area contributed by atoms with E-state index in [2.05, 4.69) is 13.8 Å². The monoisotopic (exact) mass is 165 g/mol. The van der Waals surface area contributed by atoms with Gasteiger partial charge in [-0.3, -0.25) is 0 Å². The maximum atomic E-state index is 5.53. The summed E-state index contributed by atoms with van der Waals surface area (Å²) in [6, 6.07) is 0. The average Bonchev–Trinajstić information content (AvgIpc) is 2.08. The summed E-state index contributed by atoms with van der Waals surface area (Å²) in [6.07, 6.45) is 1.13. The molecule has 0 aromatic rings. The molecule has 1 aliphatic heterocycles. The zero-order valence-corrected chi connectivity index (χ0v) is 7.41. The van der Waals surface area contributed by atoms with Crippen LogP contribution < -0.4 is 5.73 Å². The van der Waals surface area contributed by atoms with E-state index in [-0.39, 0.29) is 18.0 Å². The lowest BCUT2D eigenvalue weighted by molar-refractivity contribution is 0.0132. The summed E-state index contributed by atoms with van der Waals surface area (Å²) in [5.41, 5.74) is 5.57. The molecule has 1 saturated heterocycles. The van der Waals surface area contributed by atoms with Crippen LogP contribution in [0.4, 0.5) is 0 Å². The average molecular weight is 166 g/mol. The van der Waals surface area contributed by atoms with Gasteiger partial charge in [0.1, 0.15) is 0 Å². The van der Waals surface area contributed by atoms with Crippen LogP contribution in [0.5, 0.6) is 0 Å². The normalized spacial score (nSPS) is 29.7. The largest absolute Gasteiger partial charge is 0.375 e. The zero-order valence-electron chi connectivity index (χ0n) is 6.59. The number of ether oxygens (including phenoxy) is 1. The minimum atomic E-state index is 0. The van der Waals surface area contributed by atoms with E-state index in [1.54, 1.807) is 0 Å². The lowest BCUT2D eigenvalue weighted by atomic mass is 9.91. The molecule has 1 fully saturated rings. The summed E-state index contributed by atoms with van der Waals surface area (Å²) in [5.74, 6) is 0.567. The van der Waals surface area contributed by atoms with Gasteiger partial charge in [-0.15, -0.1) is 12.4 Å². The van der Waals surface area contributed by atoms with Gasteiger partial charge in [-0.25, -0.2) is 0 Å². The van der Waals surface area contributed by atoms with Crippen LogP contribution in [0.1, 0.15) is 20.3 Å². The maximum absolute atomic E-state index is 5.53. The van der Waals surface area contributed by atoms with E-state index in [1.807, 2.05) is 0 Å². The van der Waals surface area contributed by atoms with Crippen LogP contribution in [0.2, 0.25) is 0 Å². The minimum absolute atomic E-state index is 0. The molecule has 0 amide bonds. The standard InChI is InChI=1S/C7H15NO.ClH/c1-7(2)6(5-8)3-4-9-7;/h6H,3-5,8H2,1-2H3;1H. The van der Waals surface area contributed by atoms with E-state index in [0.717, 1.165) is 19.6 Å². The minimum Gasteiger partial charge on any atom is -0.375 e. The Morgan fingerprint density at radius 3 is 2.40 bits per heavy atom. The molecule has 3 heteroatoms. The highest BCUT2D eigenvalue weighted by Crippen LogP contribution is 2.29. The van der Waals surface area contributed by atoms with Crippen molar-refractivity contribution in [2.45, 2.75) is 25.9 Å². The Morgan fingerprint density at radius 2 is 2.20 bits per heavy atom. The molecule has 1 aliphatic rings. The molecular weight excluding hydrogens is 150 g/mol. The van der Waals surface area contributed by atoms with Gasteiger partial charge in [-0.2, -0.15) is 0 Å². The van der Waals surface area contributed by atoms with Crippen molar-refractivity contribution >= 4 is 12.4 Å². The second-order valence-electron chi connectivity index (χ2n) is 3.17. The van der Waals surface area contributed by atoms with Crippen LogP contribution >= 0.6 is 12.4 Å². The summed E-state index contributed by atoms with van der Waals surface area (Å²) in [5, 5.41) is 0. The van der Waals surface area contributed by atoms with E-state index in [9.17, 15) is 0 Å². The van der Waals surface area contributed by atoms with E-state index >= 15 is 0 Å². The number of hydrogen-bond acceptors (Lipinski definition) is 2. The number of hydrogen-bond donors (Lipinski definition) is 1. The molecule has 2 nitrogen and oxygen atoms in total. The van der Waals surface area contributed by atoms with Gasteiger partial charge in [0.2, 0.25) is 0 Å². The Labute approximate surface area is 68.5 Å². The molecule has 0 bridgehead atoms. The van der Waals surface area contributed by atoms with Crippen molar-refractivity contribution in [1.29, 1.82) is 0 Å². The molecule has 1 atom stereocenters. The Kier molecular flexibility index (Phi) is 3.63. The lowest BCUT2D eigenvalue weighted by Crippen LogP contribution is -2.32. The molecule has 0 aromatic heterocycles. The Balaban J connectivity index is 0.000000810. The summed E-state index contributed by atoms with van der Waals surface area (Å²) in [7, 11) is 0. The highest BCUT2D eigenvalue weighted by Gasteiger charge is 2.34. The topological polar surface area (TPSA) is 35.2 Å². The van der Waals surface area contributed by atoms with Crippen molar-refractivity contribution < 1.29 is 4.74 Å². The van der Waals surface area contributed by atoms with Gasteiger partial charge in [0.25, 0.3) is 0 Å². The molecule has 0 saturated carbocycles. The quantitative estimate of drug-likeness (QED) is 0.634. The first-order chi connectivity index (χ1) is 4.17. The van der Waals surface area contributed by atoms with Crippen molar-refractivity contribution in [3.8, 4) is 0 Å². The number of rotatable bonds is 1. The van der Waals surface area contributed by atoms with E-state index < -0.39 is 0 Å². The second-order valence-corrected chi connectivity index (χ2v) is 3.17. The fourth-order valence-corrected chi connectivity index (χ4v) is 1.33. The lowest BCUT2D eigenvalue weighted by Gasteiger charge is -2.23. The van der Waals surface area contributed by atoms with Crippen molar-refractivity contribution in [2.75, 3.05) is 13.2 Å². The Bertz CT molecular complexity index is 106. The molecule has 2 N–H and O–H groups in total. The predicted molar refractivity (Wildman–Crippen MR) is 44.4 cm³/mol. The zero-order chi connectivity index (χ0) is 6.91. The fourth-order valence-electron chi connectivity index (χ4n) is 1.33. The molecule has 1 heterocycles. The maximum Gasteiger partial charge on any atom is 0.0667 e. The van der Waals surface area contributed by atoms with E-state index in [1.165, 1.54) is 0 Å². The van der Waals surface area contributed by atoms with Gasteiger partial charge in [-0.05, 0) is 26.8 Å². The molecular formula is C7H16ClNO. The third kappa shape index (κ3) is 1.84. The molecule has 0 spiro atoms. The smallest absolute Gasteiger partial charge is 0.0667 e. The van der Waals surface area contributed by atoms with Crippen molar-refractivity contribution in [2.24, 2.45) is 11.7 Å². The van der Waals surface area contributed by atoms with Crippen LogP contribution in [0, 0.1) is 5.92 Å². The summed E-state index contributed by atoms with van der Waals surface area (Å²) < 4.78 is 5.46. The second kappa shape index (κ2) is 3.56. The Morgan fingerprint density at radius 1 is 1.60 bits per heavy atom. The van der Waals surface area contributed by atoms with Gasteiger partial charge < -0.3 is 10.5 Å². The van der Waals surface area contributed by atoms with Gasteiger partial charge in [0.15, 0.2) is 0 Å². The van der Waals surface area contributed by atoms with Gasteiger partial charge in [0.05, 0.1) is 5.60 Å². The summed E-state index contributed by atoms with van der Waals surface area (Å²) >= 11 is 0. The van der Waals surface area contributed by atoms with Crippen LogP contribution in [-0.4, -0.2) is 18.8 Å². The molecule has 1 rings (SSSR count). The van der Waals surface area contributed by atoms with E-state index in [0.29, 0.717) is 5.92 Å². The van der Waals surface area contributed by atoms with Gasteiger partial charge in [-0.1, -0.05) is 0 Å². The van der Waals surface area contributed by atoms with Crippen LogP contribution in [0.15, 0.2) is 0 Å². The van der Waals surface area contributed by atoms with Crippen LogP contribution in [0.3, 0.4) is 0 Å². The first-order valence-electron chi connectivity index (χ1n) is 3.51. The van der Waals surface area contributed by atoms with E-state index in [4.69, 9.17) is 10.5 Å². The molecule has 1 unspecified atom stereocenters. The van der Waals surface area contributed by atoms with Gasteiger partial charge >= 0.3 is 0 Å². The highest BCUT2D eigenvalue weighted by molar-refractivity contribution is 5.85. The fraction of sp³-hybridized carbons (Fsp3) is 1.00. The first-order valence-corrected chi connectivity index (χ1v) is 3.51. The number of nitrogens with two attached hydrogens (primary N) is 1. The van der Waals surface area contributed by atoms with Crippen molar-refractivity contribution in [3.05, 3.63) is 0 Å². The SMILES string of the molecule is CC1(C)OCCC1CN.Cl.